The van der Waals surface area contributed by atoms with Gasteiger partial charge in [0.05, 0.1) is 5.02 Å². The summed E-state index contributed by atoms with van der Waals surface area (Å²) in [6.45, 7) is 5.46. The smallest absolute Gasteiger partial charge is 0.0568 e. The molecule has 17 heavy (non-hydrogen) atoms. The van der Waals surface area contributed by atoms with Crippen molar-refractivity contribution in [2.75, 3.05) is 11.4 Å². The van der Waals surface area contributed by atoms with Crippen molar-refractivity contribution in [3.8, 4) is 0 Å². The van der Waals surface area contributed by atoms with Crippen molar-refractivity contribution in [3.05, 3.63) is 27.7 Å². The SMILES string of the molecule is CC1C(N)CCN(c2ccc(Br)c(Cl)c2)C1C. The fourth-order valence-corrected chi connectivity index (χ4v) is 2.85. The van der Waals surface area contributed by atoms with Gasteiger partial charge < -0.3 is 10.6 Å². The van der Waals surface area contributed by atoms with Crippen LogP contribution >= 0.6 is 27.5 Å². The zero-order chi connectivity index (χ0) is 12.6. The molecule has 1 aromatic carbocycles. The monoisotopic (exact) mass is 316 g/mol. The lowest BCUT2D eigenvalue weighted by atomic mass is 9.87. The van der Waals surface area contributed by atoms with E-state index in [9.17, 15) is 0 Å². The zero-order valence-corrected chi connectivity index (χ0v) is 12.5. The number of rotatable bonds is 1. The summed E-state index contributed by atoms with van der Waals surface area (Å²) < 4.78 is 0.942. The molecule has 3 atom stereocenters. The lowest BCUT2D eigenvalue weighted by Gasteiger charge is -2.43. The summed E-state index contributed by atoms with van der Waals surface area (Å²) >= 11 is 9.57. The summed E-state index contributed by atoms with van der Waals surface area (Å²) in [6, 6.07) is 6.90. The maximum absolute atomic E-state index is 6.15. The molecule has 0 saturated carbocycles. The molecule has 0 aromatic heterocycles. The van der Waals surface area contributed by atoms with E-state index in [1.165, 1.54) is 5.69 Å². The first kappa shape index (κ1) is 13.2. The number of nitrogens with zero attached hydrogens (tertiary/aromatic N) is 1. The molecule has 2 N–H and O–H groups in total. The Morgan fingerprint density at radius 2 is 2.12 bits per heavy atom. The first-order valence-corrected chi connectivity index (χ1v) is 7.15. The van der Waals surface area contributed by atoms with E-state index in [1.54, 1.807) is 0 Å². The topological polar surface area (TPSA) is 29.3 Å². The minimum Gasteiger partial charge on any atom is -0.368 e. The largest absolute Gasteiger partial charge is 0.368 e. The molecule has 1 fully saturated rings. The van der Waals surface area contributed by atoms with Crippen LogP contribution in [0.1, 0.15) is 20.3 Å². The Bertz CT molecular complexity index is 410. The second-order valence-electron chi connectivity index (χ2n) is 4.84. The van der Waals surface area contributed by atoms with Crippen LogP contribution in [0.4, 0.5) is 5.69 Å². The predicted octanol–water partition coefficient (Wildman–Crippen LogP) is 3.66. The van der Waals surface area contributed by atoms with Gasteiger partial charge in [-0.15, -0.1) is 0 Å². The first-order valence-electron chi connectivity index (χ1n) is 5.98. The van der Waals surface area contributed by atoms with Crippen molar-refractivity contribution >= 4 is 33.2 Å². The molecule has 0 amide bonds. The zero-order valence-electron chi connectivity index (χ0n) is 10.2. The highest BCUT2D eigenvalue weighted by Crippen LogP contribution is 2.32. The van der Waals surface area contributed by atoms with Gasteiger partial charge in [-0.1, -0.05) is 18.5 Å². The Balaban J connectivity index is 2.24. The molecular formula is C13H18BrClN2. The summed E-state index contributed by atoms with van der Waals surface area (Å²) in [5, 5.41) is 0.761. The van der Waals surface area contributed by atoms with Crippen LogP contribution in [0.3, 0.4) is 0 Å². The third kappa shape index (κ3) is 2.61. The van der Waals surface area contributed by atoms with Crippen LogP contribution in [0.15, 0.2) is 22.7 Å². The van der Waals surface area contributed by atoms with Crippen LogP contribution in [0.5, 0.6) is 0 Å². The van der Waals surface area contributed by atoms with Crippen LogP contribution in [0, 0.1) is 5.92 Å². The van der Waals surface area contributed by atoms with Crippen LogP contribution in [0.25, 0.3) is 0 Å². The van der Waals surface area contributed by atoms with Crippen LogP contribution < -0.4 is 10.6 Å². The molecule has 0 spiro atoms. The van der Waals surface area contributed by atoms with Crippen LogP contribution in [0.2, 0.25) is 5.02 Å². The molecule has 1 saturated heterocycles. The number of halogens is 2. The minimum atomic E-state index is 0.312. The Morgan fingerprint density at radius 1 is 1.41 bits per heavy atom. The van der Waals surface area contributed by atoms with E-state index in [0.29, 0.717) is 18.0 Å². The van der Waals surface area contributed by atoms with Crippen molar-refractivity contribution in [1.82, 2.24) is 0 Å². The number of hydrogen-bond donors (Lipinski definition) is 1. The highest BCUT2D eigenvalue weighted by Gasteiger charge is 2.30. The molecule has 1 heterocycles. The normalized spacial score (nSPS) is 29.5. The third-order valence-electron chi connectivity index (χ3n) is 3.87. The maximum Gasteiger partial charge on any atom is 0.0568 e. The molecule has 0 radical (unpaired) electrons. The summed E-state index contributed by atoms with van der Waals surface area (Å²) in [6.07, 6.45) is 1.04. The molecule has 4 heteroatoms. The second kappa shape index (κ2) is 5.17. The molecule has 1 aliphatic rings. The Morgan fingerprint density at radius 3 is 2.76 bits per heavy atom. The fourth-order valence-electron chi connectivity index (χ4n) is 2.42. The van der Waals surface area contributed by atoms with Crippen molar-refractivity contribution in [3.63, 3.8) is 0 Å². The van der Waals surface area contributed by atoms with Crippen molar-refractivity contribution in [2.45, 2.75) is 32.4 Å². The molecule has 3 unspecified atom stereocenters. The van der Waals surface area contributed by atoms with E-state index < -0.39 is 0 Å². The molecule has 0 aliphatic carbocycles. The van der Waals surface area contributed by atoms with Gasteiger partial charge in [0.25, 0.3) is 0 Å². The average Bonchev–Trinajstić information content (AvgIpc) is 2.30. The van der Waals surface area contributed by atoms with E-state index >= 15 is 0 Å². The Hall–Kier alpha value is -0.250. The molecule has 2 nitrogen and oxygen atoms in total. The van der Waals surface area contributed by atoms with E-state index in [4.69, 9.17) is 17.3 Å². The molecule has 1 aliphatic heterocycles. The van der Waals surface area contributed by atoms with Crippen molar-refractivity contribution < 1.29 is 0 Å². The van der Waals surface area contributed by atoms with Crippen molar-refractivity contribution in [2.24, 2.45) is 11.7 Å². The van der Waals surface area contributed by atoms with Gasteiger partial charge in [0, 0.05) is 28.8 Å². The molecule has 2 rings (SSSR count). The lowest BCUT2D eigenvalue weighted by molar-refractivity contribution is 0.315. The number of piperidine rings is 1. The van der Waals surface area contributed by atoms with E-state index in [-0.39, 0.29) is 0 Å². The summed E-state index contributed by atoms with van der Waals surface area (Å²) in [4.78, 5) is 2.40. The minimum absolute atomic E-state index is 0.312. The van der Waals surface area contributed by atoms with Crippen LogP contribution in [-0.2, 0) is 0 Å². The van der Waals surface area contributed by atoms with E-state index in [1.807, 2.05) is 12.1 Å². The van der Waals surface area contributed by atoms with Crippen LogP contribution in [-0.4, -0.2) is 18.6 Å². The predicted molar refractivity (Wildman–Crippen MR) is 77.7 cm³/mol. The Kier molecular flexibility index (Phi) is 4.01. The number of benzene rings is 1. The van der Waals surface area contributed by atoms with Gasteiger partial charge in [0.1, 0.15) is 0 Å². The highest BCUT2D eigenvalue weighted by molar-refractivity contribution is 9.10. The number of nitrogens with two attached hydrogens (primary N) is 1. The van der Waals surface area contributed by atoms with E-state index in [0.717, 1.165) is 22.5 Å². The quantitative estimate of drug-likeness (QED) is 0.856. The summed E-state index contributed by atoms with van der Waals surface area (Å²) in [5.74, 6) is 0.506. The standard InChI is InChI=1S/C13H18BrClN2/c1-8-9(2)17(6-5-13(8)16)10-3-4-11(14)12(15)7-10/h3-4,7-9,13H,5-6,16H2,1-2H3. The average molecular weight is 318 g/mol. The maximum atomic E-state index is 6.15. The third-order valence-corrected chi connectivity index (χ3v) is 5.10. The van der Waals surface area contributed by atoms with Gasteiger partial charge in [-0.3, -0.25) is 0 Å². The number of hydrogen-bond acceptors (Lipinski definition) is 2. The van der Waals surface area contributed by atoms with Gasteiger partial charge in [0.2, 0.25) is 0 Å². The highest BCUT2D eigenvalue weighted by atomic mass is 79.9. The second-order valence-corrected chi connectivity index (χ2v) is 6.11. The van der Waals surface area contributed by atoms with Gasteiger partial charge in [-0.05, 0) is 53.4 Å². The van der Waals surface area contributed by atoms with Gasteiger partial charge in [-0.2, -0.15) is 0 Å². The summed E-state index contributed by atoms with van der Waals surface area (Å²) in [7, 11) is 0. The summed E-state index contributed by atoms with van der Waals surface area (Å²) in [5.41, 5.74) is 7.29. The molecule has 94 valence electrons. The Labute approximate surface area is 116 Å². The van der Waals surface area contributed by atoms with Gasteiger partial charge in [-0.25, -0.2) is 0 Å². The fraction of sp³-hybridized carbons (Fsp3) is 0.538. The van der Waals surface area contributed by atoms with Gasteiger partial charge >= 0.3 is 0 Å². The van der Waals surface area contributed by atoms with Crippen molar-refractivity contribution in [1.29, 1.82) is 0 Å². The lowest BCUT2D eigenvalue weighted by Crippen LogP contribution is -2.51. The molecule has 0 bridgehead atoms. The molecular weight excluding hydrogens is 300 g/mol. The molecule has 1 aromatic rings. The number of anilines is 1. The van der Waals surface area contributed by atoms with E-state index in [2.05, 4.69) is 40.7 Å². The first-order chi connectivity index (χ1) is 8.00. The van der Waals surface area contributed by atoms with Gasteiger partial charge in [0.15, 0.2) is 0 Å².